The van der Waals surface area contributed by atoms with E-state index in [1.165, 1.54) is 12.3 Å². The highest BCUT2D eigenvalue weighted by Gasteiger charge is 2.19. The Hall–Kier alpha value is -2.87. The number of nitrogens with zero attached hydrogens (tertiary/aromatic N) is 4. The third kappa shape index (κ3) is 2.64. The second kappa shape index (κ2) is 5.40. The number of carbonyl (C=O) groups is 1. The van der Waals surface area contributed by atoms with Gasteiger partial charge in [-0.3, -0.25) is 14.4 Å². The van der Waals surface area contributed by atoms with E-state index in [0.717, 1.165) is 25.3 Å². The first-order valence-electron chi connectivity index (χ1n) is 7.26. The standard InChI is InChI=1S/C15H15N5O3/c1-19-4-5-20-10(9-19)7-14(17-20)16-15(21)11-8-13(23-18-11)12-3-2-6-22-12/h2-3,6-8H,4-5,9H2,1H3,(H,16,17,21). The van der Waals surface area contributed by atoms with Crippen LogP contribution < -0.4 is 5.32 Å². The molecule has 0 fully saturated rings. The summed E-state index contributed by atoms with van der Waals surface area (Å²) >= 11 is 0. The fourth-order valence-electron chi connectivity index (χ4n) is 2.56. The summed E-state index contributed by atoms with van der Waals surface area (Å²) in [7, 11) is 2.06. The number of aromatic nitrogens is 3. The van der Waals surface area contributed by atoms with Crippen molar-refractivity contribution in [3.8, 4) is 11.5 Å². The fraction of sp³-hybridized carbons (Fsp3) is 0.267. The van der Waals surface area contributed by atoms with E-state index in [2.05, 4.69) is 27.5 Å². The molecule has 3 aromatic heterocycles. The lowest BCUT2D eigenvalue weighted by Gasteiger charge is -2.22. The highest BCUT2D eigenvalue weighted by molar-refractivity contribution is 6.02. The molecule has 0 bridgehead atoms. The monoisotopic (exact) mass is 313 g/mol. The molecule has 1 N–H and O–H groups in total. The Kier molecular flexibility index (Phi) is 3.23. The molecule has 3 aromatic rings. The van der Waals surface area contributed by atoms with Crippen LogP contribution in [0.15, 0.2) is 39.5 Å². The molecule has 0 radical (unpaired) electrons. The molecular weight excluding hydrogens is 298 g/mol. The topological polar surface area (TPSA) is 89.3 Å². The Morgan fingerprint density at radius 1 is 1.30 bits per heavy atom. The van der Waals surface area contributed by atoms with E-state index in [0.29, 0.717) is 17.3 Å². The minimum absolute atomic E-state index is 0.180. The summed E-state index contributed by atoms with van der Waals surface area (Å²) in [5.74, 6) is 1.08. The van der Waals surface area contributed by atoms with Crippen molar-refractivity contribution in [2.75, 3.05) is 18.9 Å². The van der Waals surface area contributed by atoms with E-state index < -0.39 is 0 Å². The second-order valence-corrected chi connectivity index (χ2v) is 5.49. The molecule has 0 spiro atoms. The average molecular weight is 313 g/mol. The summed E-state index contributed by atoms with van der Waals surface area (Å²) in [6.07, 6.45) is 1.53. The number of nitrogens with one attached hydrogen (secondary N) is 1. The van der Waals surface area contributed by atoms with Gasteiger partial charge in [-0.25, -0.2) is 0 Å². The molecule has 1 aliphatic heterocycles. The minimum Gasteiger partial charge on any atom is -0.461 e. The molecule has 4 rings (SSSR count). The maximum absolute atomic E-state index is 12.3. The van der Waals surface area contributed by atoms with Crippen molar-refractivity contribution >= 4 is 11.7 Å². The smallest absolute Gasteiger partial charge is 0.279 e. The first kappa shape index (κ1) is 13.8. The van der Waals surface area contributed by atoms with Gasteiger partial charge in [0.1, 0.15) is 0 Å². The molecule has 0 saturated carbocycles. The average Bonchev–Trinajstić information content (AvgIpc) is 3.26. The second-order valence-electron chi connectivity index (χ2n) is 5.49. The van der Waals surface area contributed by atoms with Crippen LogP contribution in [-0.4, -0.2) is 39.3 Å². The summed E-state index contributed by atoms with van der Waals surface area (Å²) in [5.41, 5.74) is 1.25. The van der Waals surface area contributed by atoms with Gasteiger partial charge in [-0.1, -0.05) is 5.16 Å². The van der Waals surface area contributed by atoms with Gasteiger partial charge in [0.05, 0.1) is 18.5 Å². The molecular formula is C15H15N5O3. The number of hydrogen-bond acceptors (Lipinski definition) is 6. The lowest BCUT2D eigenvalue weighted by Crippen LogP contribution is -2.30. The lowest BCUT2D eigenvalue weighted by molar-refractivity contribution is 0.101. The van der Waals surface area contributed by atoms with Gasteiger partial charge in [-0.2, -0.15) is 5.10 Å². The number of anilines is 1. The summed E-state index contributed by atoms with van der Waals surface area (Å²) in [6.45, 7) is 2.57. The SMILES string of the molecule is CN1CCn2nc(NC(=O)c3cc(-c4ccco4)on3)cc2C1. The van der Waals surface area contributed by atoms with Crippen LogP contribution in [0.2, 0.25) is 0 Å². The quantitative estimate of drug-likeness (QED) is 0.793. The van der Waals surface area contributed by atoms with Crippen LogP contribution in [-0.2, 0) is 13.1 Å². The number of amides is 1. The summed E-state index contributed by atoms with van der Waals surface area (Å²) in [6, 6.07) is 6.89. The number of likely N-dealkylation sites (N-methyl/N-ethyl adjacent to an activating group) is 1. The number of furan rings is 1. The van der Waals surface area contributed by atoms with E-state index in [4.69, 9.17) is 8.94 Å². The van der Waals surface area contributed by atoms with Gasteiger partial charge in [0.15, 0.2) is 17.3 Å². The summed E-state index contributed by atoms with van der Waals surface area (Å²) in [5, 5.41) is 10.9. The van der Waals surface area contributed by atoms with Gasteiger partial charge in [-0.05, 0) is 19.2 Å². The normalized spacial score (nSPS) is 14.7. The fourth-order valence-corrected chi connectivity index (χ4v) is 2.56. The van der Waals surface area contributed by atoms with Gasteiger partial charge in [0, 0.05) is 25.2 Å². The third-order valence-corrected chi connectivity index (χ3v) is 3.74. The van der Waals surface area contributed by atoms with E-state index in [9.17, 15) is 4.79 Å². The Balaban J connectivity index is 1.50. The van der Waals surface area contributed by atoms with Gasteiger partial charge in [-0.15, -0.1) is 0 Å². The van der Waals surface area contributed by atoms with Crippen LogP contribution in [0.4, 0.5) is 5.82 Å². The van der Waals surface area contributed by atoms with Crippen LogP contribution in [0.5, 0.6) is 0 Å². The Morgan fingerprint density at radius 2 is 2.22 bits per heavy atom. The molecule has 23 heavy (non-hydrogen) atoms. The molecule has 118 valence electrons. The van der Waals surface area contributed by atoms with Crippen molar-refractivity contribution < 1.29 is 13.7 Å². The van der Waals surface area contributed by atoms with Crippen molar-refractivity contribution in [2.24, 2.45) is 0 Å². The minimum atomic E-state index is -0.365. The van der Waals surface area contributed by atoms with Gasteiger partial charge in [0.2, 0.25) is 5.76 Å². The van der Waals surface area contributed by atoms with Gasteiger partial charge in [0.25, 0.3) is 5.91 Å². The highest BCUT2D eigenvalue weighted by Crippen LogP contribution is 2.21. The molecule has 0 saturated heterocycles. The largest absolute Gasteiger partial charge is 0.461 e. The first-order valence-corrected chi connectivity index (χ1v) is 7.26. The first-order chi connectivity index (χ1) is 11.2. The number of fused-ring (bicyclic) bond motifs is 1. The molecule has 4 heterocycles. The van der Waals surface area contributed by atoms with E-state index >= 15 is 0 Å². The van der Waals surface area contributed by atoms with Crippen molar-refractivity contribution in [1.82, 2.24) is 19.8 Å². The van der Waals surface area contributed by atoms with E-state index in [1.807, 2.05) is 10.7 Å². The van der Waals surface area contributed by atoms with Crippen LogP contribution in [0.1, 0.15) is 16.2 Å². The molecule has 0 aliphatic carbocycles. The molecule has 0 unspecified atom stereocenters. The molecule has 8 nitrogen and oxygen atoms in total. The highest BCUT2D eigenvalue weighted by atomic mass is 16.5. The maximum Gasteiger partial charge on any atom is 0.279 e. The van der Waals surface area contributed by atoms with Crippen molar-refractivity contribution in [3.63, 3.8) is 0 Å². The van der Waals surface area contributed by atoms with E-state index in [-0.39, 0.29) is 11.6 Å². The van der Waals surface area contributed by atoms with Crippen LogP contribution >= 0.6 is 0 Å². The van der Waals surface area contributed by atoms with Crippen LogP contribution in [0, 0.1) is 0 Å². The van der Waals surface area contributed by atoms with Gasteiger partial charge < -0.3 is 14.3 Å². The zero-order valence-corrected chi connectivity index (χ0v) is 12.5. The maximum atomic E-state index is 12.3. The lowest BCUT2D eigenvalue weighted by atomic mass is 10.3. The van der Waals surface area contributed by atoms with Gasteiger partial charge >= 0.3 is 0 Å². The van der Waals surface area contributed by atoms with Crippen molar-refractivity contribution in [3.05, 3.63) is 41.9 Å². The zero-order chi connectivity index (χ0) is 15.8. The molecule has 1 amide bonds. The van der Waals surface area contributed by atoms with Crippen LogP contribution in [0.3, 0.4) is 0 Å². The Morgan fingerprint density at radius 3 is 3.04 bits per heavy atom. The van der Waals surface area contributed by atoms with E-state index in [1.54, 1.807) is 12.1 Å². The number of hydrogen-bond donors (Lipinski definition) is 1. The number of rotatable bonds is 3. The third-order valence-electron chi connectivity index (χ3n) is 3.74. The predicted octanol–water partition coefficient (Wildman–Crippen LogP) is 1.83. The van der Waals surface area contributed by atoms with Crippen LogP contribution in [0.25, 0.3) is 11.5 Å². The summed E-state index contributed by atoms with van der Waals surface area (Å²) in [4.78, 5) is 14.5. The number of carbonyl (C=O) groups excluding carboxylic acids is 1. The Labute approximate surface area is 131 Å². The zero-order valence-electron chi connectivity index (χ0n) is 12.5. The molecule has 0 aromatic carbocycles. The molecule has 0 atom stereocenters. The van der Waals surface area contributed by atoms with Crippen molar-refractivity contribution in [2.45, 2.75) is 13.1 Å². The molecule has 1 aliphatic rings. The Bertz CT molecular complexity index is 833. The summed E-state index contributed by atoms with van der Waals surface area (Å²) < 4.78 is 12.2. The van der Waals surface area contributed by atoms with Crippen molar-refractivity contribution in [1.29, 1.82) is 0 Å². The predicted molar refractivity (Wildman–Crippen MR) is 80.7 cm³/mol. The molecule has 8 heteroatoms.